The van der Waals surface area contributed by atoms with Gasteiger partial charge in [0.05, 0.1) is 0 Å². The molecular formula is C18H28F6O2. The van der Waals surface area contributed by atoms with Crippen LogP contribution in [0, 0.1) is 35.5 Å². The molecule has 0 spiro atoms. The third kappa shape index (κ3) is 3.48. The molecule has 154 valence electrons. The Bertz CT molecular complexity index is 511. The lowest BCUT2D eigenvalue weighted by Crippen LogP contribution is -2.51. The average Bonchev–Trinajstić information content (AvgIpc) is 2.99. The minimum atomic E-state index is -4.79. The van der Waals surface area contributed by atoms with Gasteiger partial charge in [0.15, 0.2) is 11.2 Å². The Labute approximate surface area is 150 Å². The fourth-order valence-corrected chi connectivity index (χ4v) is 5.49. The summed E-state index contributed by atoms with van der Waals surface area (Å²) in [5, 5.41) is 20.2. The molecule has 0 aromatic carbocycles. The zero-order chi connectivity index (χ0) is 20.3. The van der Waals surface area contributed by atoms with Gasteiger partial charge in [-0.25, -0.2) is 0 Å². The summed E-state index contributed by atoms with van der Waals surface area (Å²) in [6.07, 6.45) is -8.53. The highest BCUT2D eigenvalue weighted by Crippen LogP contribution is 2.58. The molecule has 2 saturated carbocycles. The fourth-order valence-electron chi connectivity index (χ4n) is 5.49. The first-order valence-corrected chi connectivity index (χ1v) is 9.10. The van der Waals surface area contributed by atoms with Crippen molar-refractivity contribution in [3.8, 4) is 0 Å². The van der Waals surface area contributed by atoms with Gasteiger partial charge in [-0.05, 0) is 68.6 Å². The third-order valence-electron chi connectivity index (χ3n) is 7.11. The summed E-state index contributed by atoms with van der Waals surface area (Å²) in [4.78, 5) is 0. The van der Waals surface area contributed by atoms with E-state index in [1.165, 1.54) is 0 Å². The molecule has 0 amide bonds. The second kappa shape index (κ2) is 6.54. The zero-order valence-corrected chi connectivity index (χ0v) is 15.5. The molecular weight excluding hydrogens is 362 g/mol. The van der Waals surface area contributed by atoms with E-state index in [1.54, 1.807) is 13.8 Å². The lowest BCUT2D eigenvalue weighted by atomic mass is 9.71. The van der Waals surface area contributed by atoms with Gasteiger partial charge in [-0.1, -0.05) is 20.3 Å². The molecule has 8 atom stereocenters. The topological polar surface area (TPSA) is 40.5 Å². The molecule has 26 heavy (non-hydrogen) atoms. The minimum Gasteiger partial charge on any atom is -0.380 e. The standard InChI is InChI=1S/C18H28F6O2/c1-9-5-6-12(15(3,25)17(19,20)21)14(9)11-7-10(2)13(8-11)16(4,26)18(22,23)24/h9-14,25-26H,5-8H2,1-4H3. The lowest BCUT2D eigenvalue weighted by molar-refractivity contribution is -0.279. The van der Waals surface area contributed by atoms with Crippen LogP contribution in [-0.4, -0.2) is 33.8 Å². The number of halogens is 6. The van der Waals surface area contributed by atoms with Gasteiger partial charge in [-0.2, -0.15) is 26.3 Å². The Morgan fingerprint density at radius 2 is 1.15 bits per heavy atom. The van der Waals surface area contributed by atoms with Crippen molar-refractivity contribution in [2.45, 2.75) is 76.9 Å². The van der Waals surface area contributed by atoms with E-state index in [9.17, 15) is 36.6 Å². The quantitative estimate of drug-likeness (QED) is 0.671. The number of hydrogen-bond acceptors (Lipinski definition) is 2. The van der Waals surface area contributed by atoms with Crippen LogP contribution in [0.3, 0.4) is 0 Å². The summed E-state index contributed by atoms with van der Waals surface area (Å²) >= 11 is 0. The highest BCUT2D eigenvalue weighted by Gasteiger charge is 2.63. The molecule has 2 N–H and O–H groups in total. The number of alkyl halides is 6. The molecule has 0 heterocycles. The van der Waals surface area contributed by atoms with Crippen molar-refractivity contribution in [2.75, 3.05) is 0 Å². The van der Waals surface area contributed by atoms with E-state index in [2.05, 4.69) is 0 Å². The average molecular weight is 390 g/mol. The van der Waals surface area contributed by atoms with Crippen LogP contribution in [0.25, 0.3) is 0 Å². The van der Waals surface area contributed by atoms with Gasteiger partial charge >= 0.3 is 12.4 Å². The molecule has 2 rings (SSSR count). The van der Waals surface area contributed by atoms with E-state index in [1.807, 2.05) is 0 Å². The van der Waals surface area contributed by atoms with Gasteiger partial charge < -0.3 is 10.2 Å². The highest BCUT2D eigenvalue weighted by atomic mass is 19.4. The smallest absolute Gasteiger partial charge is 0.380 e. The molecule has 8 heteroatoms. The molecule has 2 nitrogen and oxygen atoms in total. The van der Waals surface area contributed by atoms with Crippen LogP contribution in [0.4, 0.5) is 26.3 Å². The predicted octanol–water partition coefficient (Wildman–Crippen LogP) is 4.94. The Morgan fingerprint density at radius 3 is 1.62 bits per heavy atom. The minimum absolute atomic E-state index is 0.0210. The van der Waals surface area contributed by atoms with Gasteiger partial charge in [0.25, 0.3) is 0 Å². The van der Waals surface area contributed by atoms with Crippen molar-refractivity contribution in [3.63, 3.8) is 0 Å². The predicted molar refractivity (Wildman–Crippen MR) is 84.1 cm³/mol. The normalized spacial score (nSPS) is 41.1. The number of rotatable bonds is 3. The maximum absolute atomic E-state index is 13.3. The van der Waals surface area contributed by atoms with Crippen molar-refractivity contribution in [2.24, 2.45) is 35.5 Å². The Morgan fingerprint density at radius 1 is 0.692 bits per heavy atom. The summed E-state index contributed by atoms with van der Waals surface area (Å²) in [5.74, 6) is -3.55. The lowest BCUT2D eigenvalue weighted by Gasteiger charge is -2.39. The molecule has 2 aliphatic rings. The van der Waals surface area contributed by atoms with Gasteiger partial charge in [-0.15, -0.1) is 0 Å². The van der Waals surface area contributed by atoms with E-state index < -0.39 is 47.2 Å². The molecule has 0 aromatic heterocycles. The molecule has 2 fully saturated rings. The van der Waals surface area contributed by atoms with Crippen LogP contribution in [0.2, 0.25) is 0 Å². The number of hydrogen-bond donors (Lipinski definition) is 2. The number of aliphatic hydroxyl groups is 2. The van der Waals surface area contributed by atoms with Crippen LogP contribution >= 0.6 is 0 Å². The largest absolute Gasteiger partial charge is 0.417 e. The molecule has 0 aromatic rings. The monoisotopic (exact) mass is 390 g/mol. The molecule has 0 radical (unpaired) electrons. The molecule has 0 bridgehead atoms. The van der Waals surface area contributed by atoms with E-state index in [4.69, 9.17) is 0 Å². The second-order valence-corrected chi connectivity index (χ2v) is 8.84. The maximum Gasteiger partial charge on any atom is 0.417 e. The van der Waals surface area contributed by atoms with E-state index >= 15 is 0 Å². The highest BCUT2D eigenvalue weighted by molar-refractivity contribution is 5.04. The summed E-state index contributed by atoms with van der Waals surface area (Å²) in [6, 6.07) is 0. The van der Waals surface area contributed by atoms with Crippen LogP contribution in [0.1, 0.15) is 53.4 Å². The first kappa shape index (κ1) is 21.8. The molecule has 2 aliphatic carbocycles. The SMILES string of the molecule is CC1CCC(C(C)(O)C(F)(F)F)C1C1CC(C)C(C(C)(O)C(F)(F)F)C1. The maximum atomic E-state index is 13.3. The van der Waals surface area contributed by atoms with E-state index in [0.717, 1.165) is 13.8 Å². The van der Waals surface area contributed by atoms with E-state index in [0.29, 0.717) is 12.8 Å². The van der Waals surface area contributed by atoms with Gasteiger partial charge in [0.2, 0.25) is 0 Å². The van der Waals surface area contributed by atoms with E-state index in [-0.39, 0.29) is 24.7 Å². The second-order valence-electron chi connectivity index (χ2n) is 8.84. The molecule has 8 unspecified atom stereocenters. The summed E-state index contributed by atoms with van der Waals surface area (Å²) in [6.45, 7) is 4.93. The molecule has 0 saturated heterocycles. The van der Waals surface area contributed by atoms with Crippen molar-refractivity contribution in [1.82, 2.24) is 0 Å². The van der Waals surface area contributed by atoms with Gasteiger partial charge in [0, 0.05) is 0 Å². The molecule has 0 aliphatic heterocycles. The van der Waals surface area contributed by atoms with Gasteiger partial charge in [0.1, 0.15) is 0 Å². The van der Waals surface area contributed by atoms with Crippen molar-refractivity contribution >= 4 is 0 Å². The first-order valence-electron chi connectivity index (χ1n) is 9.10. The summed E-state index contributed by atoms with van der Waals surface area (Å²) < 4.78 is 79.7. The van der Waals surface area contributed by atoms with Crippen LogP contribution in [0.5, 0.6) is 0 Å². The Hall–Kier alpha value is -0.500. The summed E-state index contributed by atoms with van der Waals surface area (Å²) in [7, 11) is 0. The Balaban J connectivity index is 2.27. The third-order valence-corrected chi connectivity index (χ3v) is 7.11. The fraction of sp³-hybridized carbons (Fsp3) is 1.00. The summed E-state index contributed by atoms with van der Waals surface area (Å²) in [5.41, 5.74) is -5.73. The van der Waals surface area contributed by atoms with Crippen LogP contribution in [0.15, 0.2) is 0 Å². The van der Waals surface area contributed by atoms with Crippen molar-refractivity contribution < 1.29 is 36.6 Å². The van der Waals surface area contributed by atoms with Gasteiger partial charge in [-0.3, -0.25) is 0 Å². The zero-order valence-electron chi connectivity index (χ0n) is 15.5. The Kier molecular flexibility index (Phi) is 5.48. The van der Waals surface area contributed by atoms with Crippen LogP contribution in [-0.2, 0) is 0 Å². The van der Waals surface area contributed by atoms with Crippen molar-refractivity contribution in [3.05, 3.63) is 0 Å². The van der Waals surface area contributed by atoms with Crippen molar-refractivity contribution in [1.29, 1.82) is 0 Å². The first-order chi connectivity index (χ1) is 11.5. The van der Waals surface area contributed by atoms with Crippen LogP contribution < -0.4 is 0 Å².